The maximum atomic E-state index is 11.4. The molecule has 1 rings (SSSR count). The van der Waals surface area contributed by atoms with Crippen LogP contribution < -0.4 is 5.56 Å². The van der Waals surface area contributed by atoms with Gasteiger partial charge in [0, 0.05) is 12.2 Å². The van der Waals surface area contributed by atoms with Crippen LogP contribution in [0.4, 0.5) is 0 Å². The van der Waals surface area contributed by atoms with Crippen molar-refractivity contribution in [1.29, 1.82) is 0 Å². The molecule has 0 atom stereocenters. The number of nitrogens with zero attached hydrogens (tertiary/aromatic N) is 1. The van der Waals surface area contributed by atoms with E-state index in [0.717, 1.165) is 5.69 Å². The highest BCUT2D eigenvalue weighted by atomic mass is 35.5. The predicted molar refractivity (Wildman–Crippen MR) is 51.1 cm³/mol. The molecule has 1 aromatic rings. The Morgan fingerprint density at radius 2 is 2.08 bits per heavy atom. The van der Waals surface area contributed by atoms with Crippen LogP contribution in [0, 0.1) is 6.92 Å². The van der Waals surface area contributed by atoms with Crippen molar-refractivity contribution in [3.63, 3.8) is 0 Å². The van der Waals surface area contributed by atoms with Gasteiger partial charge in [0.25, 0.3) is 5.56 Å². The number of hydrogen-bond donors (Lipinski definition) is 0. The van der Waals surface area contributed by atoms with Gasteiger partial charge in [0.05, 0.1) is 5.02 Å². The molecule has 12 heavy (non-hydrogen) atoms. The zero-order valence-electron chi connectivity index (χ0n) is 6.90. The third kappa shape index (κ3) is 1.50. The van der Waals surface area contributed by atoms with Crippen molar-refractivity contribution >= 4 is 23.2 Å². The molecule has 0 spiro atoms. The molecule has 0 amide bonds. The first-order valence-electron chi connectivity index (χ1n) is 3.63. The zero-order valence-corrected chi connectivity index (χ0v) is 8.41. The lowest BCUT2D eigenvalue weighted by atomic mass is 10.3. The number of hydrogen-bond acceptors (Lipinski definition) is 1. The zero-order chi connectivity index (χ0) is 9.30. The summed E-state index contributed by atoms with van der Waals surface area (Å²) in [6.07, 6.45) is 0. The minimum absolute atomic E-state index is 0.101. The van der Waals surface area contributed by atoms with Gasteiger partial charge in [0.2, 0.25) is 0 Å². The fraction of sp³-hybridized carbons (Fsp3) is 0.375. The van der Waals surface area contributed by atoms with Gasteiger partial charge in [0.15, 0.2) is 0 Å². The van der Waals surface area contributed by atoms with Crippen LogP contribution in [0.5, 0.6) is 0 Å². The molecule has 0 aromatic carbocycles. The van der Waals surface area contributed by atoms with E-state index in [1.54, 1.807) is 10.6 Å². The minimum Gasteiger partial charge on any atom is -0.312 e. The summed E-state index contributed by atoms with van der Waals surface area (Å²) >= 11 is 11.4. The summed E-state index contributed by atoms with van der Waals surface area (Å²) in [6.45, 7) is 4.33. The monoisotopic (exact) mass is 205 g/mol. The summed E-state index contributed by atoms with van der Waals surface area (Å²) in [5.41, 5.74) is 0.612. The van der Waals surface area contributed by atoms with E-state index in [1.165, 1.54) is 0 Å². The highest BCUT2D eigenvalue weighted by Crippen LogP contribution is 2.18. The standard InChI is InChI=1S/C8H9Cl2NO/c1-3-11-5(2)4-6(9)7(10)8(11)12/h4H,3H2,1-2H3. The fourth-order valence-electron chi connectivity index (χ4n) is 1.10. The Hall–Kier alpha value is -0.470. The van der Waals surface area contributed by atoms with E-state index in [1.807, 2.05) is 13.8 Å². The van der Waals surface area contributed by atoms with Crippen LogP contribution in [0.1, 0.15) is 12.6 Å². The quantitative estimate of drug-likeness (QED) is 0.691. The summed E-state index contributed by atoms with van der Waals surface area (Å²) < 4.78 is 1.58. The van der Waals surface area contributed by atoms with Gasteiger partial charge in [-0.1, -0.05) is 23.2 Å². The van der Waals surface area contributed by atoms with E-state index in [0.29, 0.717) is 11.6 Å². The molecule has 0 aliphatic rings. The van der Waals surface area contributed by atoms with Crippen LogP contribution in [0.15, 0.2) is 10.9 Å². The van der Waals surface area contributed by atoms with Crippen molar-refractivity contribution in [2.45, 2.75) is 20.4 Å². The highest BCUT2D eigenvalue weighted by Gasteiger charge is 2.07. The summed E-state index contributed by atoms with van der Waals surface area (Å²) in [4.78, 5) is 11.4. The molecule has 4 heteroatoms. The molecular formula is C8H9Cl2NO. The van der Waals surface area contributed by atoms with Crippen molar-refractivity contribution in [3.05, 3.63) is 32.2 Å². The van der Waals surface area contributed by atoms with Crippen LogP contribution in [0.2, 0.25) is 10.0 Å². The largest absolute Gasteiger partial charge is 0.312 e. The topological polar surface area (TPSA) is 22.0 Å². The van der Waals surface area contributed by atoms with E-state index in [-0.39, 0.29) is 10.6 Å². The first-order chi connectivity index (χ1) is 5.57. The average Bonchev–Trinajstić information content (AvgIpc) is 2.01. The second-order valence-electron chi connectivity index (χ2n) is 2.50. The Bertz CT molecular complexity index is 357. The van der Waals surface area contributed by atoms with Crippen LogP contribution in [0.25, 0.3) is 0 Å². The van der Waals surface area contributed by atoms with E-state index in [9.17, 15) is 4.79 Å². The smallest absolute Gasteiger partial charge is 0.271 e. The van der Waals surface area contributed by atoms with Gasteiger partial charge in [0.1, 0.15) is 5.02 Å². The molecule has 1 heterocycles. The van der Waals surface area contributed by atoms with E-state index in [2.05, 4.69) is 0 Å². The molecule has 0 aliphatic heterocycles. The molecule has 0 saturated heterocycles. The summed E-state index contributed by atoms with van der Waals surface area (Å²) in [5.74, 6) is 0. The summed E-state index contributed by atoms with van der Waals surface area (Å²) in [7, 11) is 0. The molecule has 0 unspecified atom stereocenters. The Balaban J connectivity index is 3.52. The number of halogens is 2. The molecule has 0 aliphatic carbocycles. The maximum Gasteiger partial charge on any atom is 0.271 e. The van der Waals surface area contributed by atoms with E-state index in [4.69, 9.17) is 23.2 Å². The molecule has 66 valence electrons. The van der Waals surface area contributed by atoms with Crippen LogP contribution in [-0.2, 0) is 6.54 Å². The predicted octanol–water partition coefficient (Wildman–Crippen LogP) is 2.48. The molecule has 0 bridgehead atoms. The second kappa shape index (κ2) is 3.50. The van der Waals surface area contributed by atoms with Crippen molar-refractivity contribution < 1.29 is 0 Å². The van der Waals surface area contributed by atoms with Gasteiger partial charge < -0.3 is 4.57 Å². The molecule has 1 aromatic heterocycles. The molecular weight excluding hydrogens is 197 g/mol. The van der Waals surface area contributed by atoms with Crippen LogP contribution >= 0.6 is 23.2 Å². The lowest BCUT2D eigenvalue weighted by Gasteiger charge is -2.07. The first-order valence-corrected chi connectivity index (χ1v) is 4.39. The first kappa shape index (κ1) is 9.62. The molecule has 2 nitrogen and oxygen atoms in total. The minimum atomic E-state index is -0.218. The van der Waals surface area contributed by atoms with Gasteiger partial charge in [-0.3, -0.25) is 4.79 Å². The summed E-state index contributed by atoms with van der Waals surface area (Å²) in [5, 5.41) is 0.424. The Morgan fingerprint density at radius 1 is 1.50 bits per heavy atom. The third-order valence-electron chi connectivity index (χ3n) is 1.72. The number of rotatable bonds is 1. The van der Waals surface area contributed by atoms with Gasteiger partial charge in [-0.05, 0) is 19.9 Å². The SMILES string of the molecule is CCn1c(C)cc(Cl)c(Cl)c1=O. The maximum absolute atomic E-state index is 11.4. The summed E-state index contributed by atoms with van der Waals surface area (Å²) in [6, 6.07) is 1.69. The van der Waals surface area contributed by atoms with Gasteiger partial charge >= 0.3 is 0 Å². The normalized spacial score (nSPS) is 10.3. The van der Waals surface area contributed by atoms with Crippen molar-refractivity contribution in [2.75, 3.05) is 0 Å². The number of aromatic nitrogens is 1. The Morgan fingerprint density at radius 3 is 2.58 bits per heavy atom. The van der Waals surface area contributed by atoms with Crippen molar-refractivity contribution in [2.24, 2.45) is 0 Å². The fourth-order valence-corrected chi connectivity index (χ4v) is 1.49. The third-order valence-corrected chi connectivity index (χ3v) is 2.48. The van der Waals surface area contributed by atoms with Crippen LogP contribution in [-0.4, -0.2) is 4.57 Å². The number of pyridine rings is 1. The van der Waals surface area contributed by atoms with E-state index >= 15 is 0 Å². The molecule has 0 N–H and O–H groups in total. The van der Waals surface area contributed by atoms with E-state index < -0.39 is 0 Å². The average molecular weight is 206 g/mol. The van der Waals surface area contributed by atoms with Crippen molar-refractivity contribution in [3.8, 4) is 0 Å². The molecule has 0 fully saturated rings. The number of aryl methyl sites for hydroxylation is 1. The van der Waals surface area contributed by atoms with Gasteiger partial charge in [-0.2, -0.15) is 0 Å². The van der Waals surface area contributed by atoms with Crippen molar-refractivity contribution in [1.82, 2.24) is 4.57 Å². The second-order valence-corrected chi connectivity index (χ2v) is 3.28. The highest BCUT2D eigenvalue weighted by molar-refractivity contribution is 6.41. The van der Waals surface area contributed by atoms with Gasteiger partial charge in [-0.15, -0.1) is 0 Å². The lowest BCUT2D eigenvalue weighted by Crippen LogP contribution is -2.21. The van der Waals surface area contributed by atoms with Gasteiger partial charge in [-0.25, -0.2) is 0 Å². The lowest BCUT2D eigenvalue weighted by molar-refractivity contribution is 0.701. The Kier molecular flexibility index (Phi) is 2.80. The Labute approximate surface area is 80.7 Å². The molecule has 0 radical (unpaired) electrons. The van der Waals surface area contributed by atoms with Crippen LogP contribution in [0.3, 0.4) is 0 Å². The molecule has 0 saturated carbocycles.